The predicted octanol–water partition coefficient (Wildman–Crippen LogP) is 6.21. The lowest BCUT2D eigenvalue weighted by molar-refractivity contribution is -0.219. The minimum atomic E-state index is -0.643. The second kappa shape index (κ2) is 8.08. The maximum Gasteiger partial charge on any atom is 0.310 e. The molecule has 5 rings (SSSR count). The van der Waals surface area contributed by atoms with Gasteiger partial charge in [0.25, 0.3) is 0 Å². The van der Waals surface area contributed by atoms with Crippen LogP contribution in [-0.4, -0.2) is 35.2 Å². The Hall–Kier alpha value is -1.36. The molecular weight excluding hydrogens is 462 g/mol. The van der Waals surface area contributed by atoms with Crippen molar-refractivity contribution in [3.8, 4) is 0 Å². The van der Waals surface area contributed by atoms with E-state index in [1.54, 1.807) is 7.05 Å². The smallest absolute Gasteiger partial charge is 0.310 e. The summed E-state index contributed by atoms with van der Waals surface area (Å²) in [7, 11) is 1.68. The first-order valence-electron chi connectivity index (χ1n) is 14.8. The standard InChI is InChI=1S/C32H51NO4/c1-27(2)13-15-32(26(36)37)16-14-30(6)20(21(32)18-27)9-10-23-29(5)17-19(25(35)33-8)24(34)28(3,4)22(29)11-12-31(23,30)7/h9,19,21-24,34H,10-18H2,1-8H3,(H,33,35)(H,36,37)/t19-,21+,22+,23-,24+,29+,30-,31-,32+/m1/s1. The Balaban J connectivity index is 1.61. The van der Waals surface area contributed by atoms with E-state index in [1.807, 2.05) is 0 Å². The van der Waals surface area contributed by atoms with Gasteiger partial charge in [0.1, 0.15) is 0 Å². The summed E-state index contributed by atoms with van der Waals surface area (Å²) in [5.41, 5.74) is 0.581. The summed E-state index contributed by atoms with van der Waals surface area (Å²) in [6, 6.07) is 0. The Bertz CT molecular complexity index is 1030. The maximum absolute atomic E-state index is 13.0. The molecule has 5 nitrogen and oxygen atoms in total. The van der Waals surface area contributed by atoms with Crippen LogP contribution in [0.25, 0.3) is 0 Å². The molecule has 0 heterocycles. The molecule has 0 spiro atoms. The second-order valence-corrected chi connectivity index (χ2v) is 15.9. The van der Waals surface area contributed by atoms with Crippen molar-refractivity contribution in [2.45, 2.75) is 112 Å². The molecule has 3 N–H and O–H groups in total. The van der Waals surface area contributed by atoms with E-state index in [0.29, 0.717) is 11.8 Å². The topological polar surface area (TPSA) is 86.6 Å². The number of carboxylic acids is 1. The van der Waals surface area contributed by atoms with Crippen molar-refractivity contribution in [2.75, 3.05) is 7.05 Å². The van der Waals surface area contributed by atoms with Crippen LogP contribution < -0.4 is 5.32 Å². The minimum absolute atomic E-state index is 0.0380. The summed E-state index contributed by atoms with van der Waals surface area (Å²) in [4.78, 5) is 25.8. The predicted molar refractivity (Wildman–Crippen MR) is 146 cm³/mol. The van der Waals surface area contributed by atoms with Crippen molar-refractivity contribution in [1.29, 1.82) is 0 Å². The van der Waals surface area contributed by atoms with E-state index in [4.69, 9.17) is 0 Å². The number of carbonyl (C=O) groups is 2. The van der Waals surface area contributed by atoms with Crippen molar-refractivity contribution in [1.82, 2.24) is 5.32 Å². The largest absolute Gasteiger partial charge is 0.481 e. The molecule has 0 aromatic carbocycles. The number of fused-ring (bicyclic) bond motifs is 7. The number of amides is 1. The molecule has 5 heteroatoms. The summed E-state index contributed by atoms with van der Waals surface area (Å²) in [5, 5.41) is 24.8. The number of rotatable bonds is 2. The third kappa shape index (κ3) is 3.37. The summed E-state index contributed by atoms with van der Waals surface area (Å²) < 4.78 is 0. The van der Waals surface area contributed by atoms with Crippen molar-refractivity contribution >= 4 is 11.9 Å². The minimum Gasteiger partial charge on any atom is -0.481 e. The highest BCUT2D eigenvalue weighted by Crippen LogP contribution is 2.76. The highest BCUT2D eigenvalue weighted by atomic mass is 16.4. The summed E-state index contributed by atoms with van der Waals surface area (Å²) in [6.07, 6.45) is 10.1. The molecule has 0 saturated heterocycles. The number of aliphatic hydroxyl groups is 1. The first-order chi connectivity index (χ1) is 17.0. The van der Waals surface area contributed by atoms with Gasteiger partial charge in [0.2, 0.25) is 5.91 Å². The fourth-order valence-corrected chi connectivity index (χ4v) is 11.2. The van der Waals surface area contributed by atoms with Crippen LogP contribution in [0.5, 0.6) is 0 Å². The lowest BCUT2D eigenvalue weighted by Crippen LogP contribution is -2.67. The Morgan fingerprint density at radius 2 is 1.57 bits per heavy atom. The van der Waals surface area contributed by atoms with Crippen LogP contribution >= 0.6 is 0 Å². The van der Waals surface area contributed by atoms with E-state index in [2.05, 4.69) is 59.9 Å². The molecule has 5 aliphatic carbocycles. The van der Waals surface area contributed by atoms with Gasteiger partial charge < -0.3 is 15.5 Å². The van der Waals surface area contributed by atoms with E-state index in [9.17, 15) is 19.8 Å². The number of nitrogens with one attached hydrogen (secondary N) is 1. The highest BCUT2D eigenvalue weighted by Gasteiger charge is 2.70. The lowest BCUT2D eigenvalue weighted by atomic mass is 9.33. The maximum atomic E-state index is 13.0. The fraction of sp³-hybridized carbons (Fsp3) is 0.875. The quantitative estimate of drug-likeness (QED) is 0.383. The average Bonchev–Trinajstić information content (AvgIpc) is 2.81. The van der Waals surface area contributed by atoms with Crippen LogP contribution in [0.4, 0.5) is 0 Å². The van der Waals surface area contributed by atoms with Crippen molar-refractivity contribution in [3.63, 3.8) is 0 Å². The van der Waals surface area contributed by atoms with Crippen LogP contribution in [0.3, 0.4) is 0 Å². The first-order valence-corrected chi connectivity index (χ1v) is 14.8. The Labute approximate surface area is 224 Å². The number of aliphatic hydroxyl groups excluding tert-OH is 1. The van der Waals surface area contributed by atoms with Gasteiger partial charge in [-0.15, -0.1) is 0 Å². The van der Waals surface area contributed by atoms with Crippen LogP contribution in [0.15, 0.2) is 11.6 Å². The van der Waals surface area contributed by atoms with Crippen LogP contribution in [0.1, 0.15) is 106 Å². The SMILES string of the molecule is CNC(=O)[C@@H]1C[C@]2(C)[C@H]3CC=C4[C@@H]5CC(C)(C)CC[C@]5(C(=O)O)CC[C@@]4(C)[C@]3(C)CC[C@H]2C(C)(C)[C@H]1O. The van der Waals surface area contributed by atoms with E-state index in [-0.39, 0.29) is 38.9 Å². The molecule has 4 fully saturated rings. The van der Waals surface area contributed by atoms with E-state index >= 15 is 0 Å². The molecule has 9 atom stereocenters. The molecule has 5 aliphatic rings. The van der Waals surface area contributed by atoms with Gasteiger partial charge in [0.05, 0.1) is 17.4 Å². The summed E-state index contributed by atoms with van der Waals surface area (Å²) >= 11 is 0. The number of hydrogen-bond acceptors (Lipinski definition) is 3. The molecule has 0 aromatic rings. The van der Waals surface area contributed by atoms with E-state index < -0.39 is 23.4 Å². The Morgan fingerprint density at radius 3 is 2.19 bits per heavy atom. The van der Waals surface area contributed by atoms with Gasteiger partial charge in [-0.05, 0) is 103 Å². The molecule has 0 unspecified atom stereocenters. The number of carboxylic acid groups (broad SMARTS) is 1. The lowest BCUT2D eigenvalue weighted by Gasteiger charge is -2.71. The third-order valence-corrected chi connectivity index (χ3v) is 13.6. The van der Waals surface area contributed by atoms with Crippen LogP contribution in [-0.2, 0) is 9.59 Å². The molecule has 208 valence electrons. The molecule has 1 amide bonds. The highest BCUT2D eigenvalue weighted by molar-refractivity contribution is 5.79. The normalized spacial score (nSPS) is 49.9. The van der Waals surface area contributed by atoms with Gasteiger partial charge >= 0.3 is 5.97 Å². The summed E-state index contributed by atoms with van der Waals surface area (Å²) in [5.74, 6) is -0.163. The molecular formula is C32H51NO4. The van der Waals surface area contributed by atoms with Crippen molar-refractivity contribution in [3.05, 3.63) is 11.6 Å². The van der Waals surface area contributed by atoms with E-state index in [1.165, 1.54) is 5.57 Å². The second-order valence-electron chi connectivity index (χ2n) is 15.9. The van der Waals surface area contributed by atoms with Gasteiger partial charge in [-0.3, -0.25) is 9.59 Å². The Morgan fingerprint density at radius 1 is 0.919 bits per heavy atom. The van der Waals surface area contributed by atoms with E-state index in [0.717, 1.165) is 57.8 Å². The zero-order chi connectivity index (χ0) is 27.4. The summed E-state index contributed by atoms with van der Waals surface area (Å²) in [6.45, 7) is 16.4. The van der Waals surface area contributed by atoms with Gasteiger partial charge in [-0.25, -0.2) is 0 Å². The van der Waals surface area contributed by atoms with Crippen molar-refractivity contribution in [2.24, 2.45) is 56.2 Å². The monoisotopic (exact) mass is 513 g/mol. The molecule has 0 radical (unpaired) electrons. The zero-order valence-corrected chi connectivity index (χ0v) is 24.5. The number of aliphatic carboxylic acids is 1. The van der Waals surface area contributed by atoms with Gasteiger partial charge in [-0.1, -0.05) is 60.1 Å². The fourth-order valence-electron chi connectivity index (χ4n) is 11.2. The van der Waals surface area contributed by atoms with Crippen molar-refractivity contribution < 1.29 is 19.8 Å². The van der Waals surface area contributed by atoms with Crippen LogP contribution in [0, 0.1) is 56.2 Å². The molecule has 0 bridgehead atoms. The number of carbonyl (C=O) groups excluding carboxylic acids is 1. The average molecular weight is 514 g/mol. The molecule has 37 heavy (non-hydrogen) atoms. The number of hydrogen-bond donors (Lipinski definition) is 3. The van der Waals surface area contributed by atoms with Gasteiger partial charge in [-0.2, -0.15) is 0 Å². The third-order valence-electron chi connectivity index (χ3n) is 13.6. The molecule has 0 aliphatic heterocycles. The van der Waals surface area contributed by atoms with Gasteiger partial charge in [0.15, 0.2) is 0 Å². The Kier molecular flexibility index (Phi) is 5.95. The molecule has 0 aromatic heterocycles. The number of allylic oxidation sites excluding steroid dienone is 2. The zero-order valence-electron chi connectivity index (χ0n) is 24.5. The molecule has 4 saturated carbocycles. The van der Waals surface area contributed by atoms with Gasteiger partial charge in [0, 0.05) is 7.05 Å². The van der Waals surface area contributed by atoms with Crippen LogP contribution in [0.2, 0.25) is 0 Å². The first kappa shape index (κ1) is 27.2.